The fourth-order valence-corrected chi connectivity index (χ4v) is 4.94. The van der Waals surface area contributed by atoms with Crippen molar-refractivity contribution in [2.24, 2.45) is 5.41 Å². The summed E-state index contributed by atoms with van der Waals surface area (Å²) >= 11 is 0. The van der Waals surface area contributed by atoms with Crippen molar-refractivity contribution in [1.82, 2.24) is 9.80 Å². The molecule has 158 valence electrons. The maximum absolute atomic E-state index is 13.1. The van der Waals surface area contributed by atoms with Gasteiger partial charge in [-0.15, -0.1) is 0 Å². The highest BCUT2D eigenvalue weighted by molar-refractivity contribution is 5.83. The van der Waals surface area contributed by atoms with Crippen LogP contribution in [0.2, 0.25) is 0 Å². The average Bonchev–Trinajstić information content (AvgIpc) is 2.89. The van der Waals surface area contributed by atoms with E-state index >= 15 is 0 Å². The number of rotatable bonds is 4. The lowest BCUT2D eigenvalue weighted by atomic mass is 9.76. The quantitative estimate of drug-likeness (QED) is 0.728. The number of allylic oxidation sites excluding steroid dienone is 1. The molecule has 0 radical (unpaired) electrons. The SMILES string of the molecule is COc1cc(N2CCOCC2)ccc1CN1CCC[C@]2(CC=CCN(C)C2=O)C1. The number of ether oxygens (including phenoxy) is 2. The lowest BCUT2D eigenvalue weighted by molar-refractivity contribution is -0.143. The summed E-state index contributed by atoms with van der Waals surface area (Å²) in [4.78, 5) is 19.7. The number of carbonyl (C=O) groups excluding carboxylic acids is 1. The third-order valence-corrected chi connectivity index (χ3v) is 6.55. The summed E-state index contributed by atoms with van der Waals surface area (Å²) in [5.74, 6) is 1.22. The van der Waals surface area contributed by atoms with E-state index in [0.717, 1.165) is 77.5 Å². The van der Waals surface area contributed by atoms with Crippen LogP contribution in [-0.2, 0) is 16.1 Å². The number of morpholine rings is 1. The van der Waals surface area contributed by atoms with Crippen molar-refractivity contribution in [3.63, 3.8) is 0 Å². The number of hydrogen-bond acceptors (Lipinski definition) is 5. The van der Waals surface area contributed by atoms with Gasteiger partial charge in [0, 0.05) is 57.1 Å². The molecule has 3 aliphatic rings. The van der Waals surface area contributed by atoms with E-state index in [1.165, 1.54) is 11.3 Å². The predicted molar refractivity (Wildman–Crippen MR) is 114 cm³/mol. The number of benzene rings is 1. The molecule has 0 aliphatic carbocycles. The Bertz CT molecular complexity index is 760. The van der Waals surface area contributed by atoms with Gasteiger partial charge in [-0.3, -0.25) is 9.69 Å². The first-order chi connectivity index (χ1) is 14.1. The predicted octanol–water partition coefficient (Wildman–Crippen LogP) is 2.53. The molecule has 3 aliphatic heterocycles. The van der Waals surface area contributed by atoms with Crippen LogP contribution in [0.15, 0.2) is 30.4 Å². The first kappa shape index (κ1) is 20.2. The molecule has 0 bridgehead atoms. The molecular weight excluding hydrogens is 366 g/mol. The van der Waals surface area contributed by atoms with Crippen molar-refractivity contribution in [3.05, 3.63) is 35.9 Å². The van der Waals surface area contributed by atoms with Crippen molar-refractivity contribution < 1.29 is 14.3 Å². The van der Waals surface area contributed by atoms with Crippen LogP contribution in [0.1, 0.15) is 24.8 Å². The number of amides is 1. The Morgan fingerprint density at radius 2 is 2.00 bits per heavy atom. The van der Waals surface area contributed by atoms with Crippen LogP contribution >= 0.6 is 0 Å². The smallest absolute Gasteiger partial charge is 0.230 e. The van der Waals surface area contributed by atoms with Gasteiger partial charge >= 0.3 is 0 Å². The monoisotopic (exact) mass is 399 g/mol. The number of anilines is 1. The summed E-state index contributed by atoms with van der Waals surface area (Å²) in [6, 6.07) is 6.52. The zero-order valence-corrected chi connectivity index (χ0v) is 17.7. The van der Waals surface area contributed by atoms with Crippen LogP contribution in [0.3, 0.4) is 0 Å². The topological polar surface area (TPSA) is 45.3 Å². The van der Waals surface area contributed by atoms with Crippen LogP contribution in [-0.4, -0.2) is 75.8 Å². The molecule has 6 nitrogen and oxygen atoms in total. The molecule has 1 atom stereocenters. The number of likely N-dealkylation sites (tertiary alicyclic amines) is 1. The maximum atomic E-state index is 13.1. The lowest BCUT2D eigenvalue weighted by Gasteiger charge is -2.42. The first-order valence-corrected chi connectivity index (χ1v) is 10.7. The fraction of sp³-hybridized carbons (Fsp3) is 0.609. The molecule has 1 aromatic rings. The van der Waals surface area contributed by atoms with E-state index < -0.39 is 0 Å². The molecule has 2 fully saturated rings. The first-order valence-electron chi connectivity index (χ1n) is 10.7. The van der Waals surface area contributed by atoms with Crippen molar-refractivity contribution in [2.75, 3.05) is 65.0 Å². The zero-order chi connectivity index (χ0) is 20.3. The maximum Gasteiger partial charge on any atom is 0.230 e. The highest BCUT2D eigenvalue weighted by Crippen LogP contribution is 2.38. The van der Waals surface area contributed by atoms with Gasteiger partial charge in [-0.05, 0) is 31.9 Å². The van der Waals surface area contributed by atoms with Crippen molar-refractivity contribution in [3.8, 4) is 5.75 Å². The van der Waals surface area contributed by atoms with Crippen molar-refractivity contribution in [1.29, 1.82) is 0 Å². The number of likely N-dealkylation sites (N-methyl/N-ethyl adjacent to an activating group) is 1. The van der Waals surface area contributed by atoms with Crippen LogP contribution in [0, 0.1) is 5.41 Å². The van der Waals surface area contributed by atoms with Crippen LogP contribution in [0.4, 0.5) is 5.69 Å². The molecule has 3 heterocycles. The Morgan fingerprint density at radius 1 is 1.17 bits per heavy atom. The highest BCUT2D eigenvalue weighted by Gasteiger charge is 2.43. The molecule has 0 saturated carbocycles. The van der Waals surface area contributed by atoms with E-state index in [1.54, 1.807) is 7.11 Å². The Morgan fingerprint density at radius 3 is 2.79 bits per heavy atom. The van der Waals surface area contributed by atoms with Gasteiger partial charge in [-0.1, -0.05) is 18.2 Å². The molecule has 4 rings (SSSR count). The third kappa shape index (κ3) is 4.28. The van der Waals surface area contributed by atoms with Gasteiger partial charge in [0.2, 0.25) is 5.91 Å². The molecular formula is C23H33N3O3. The van der Waals surface area contributed by atoms with Gasteiger partial charge < -0.3 is 19.3 Å². The molecule has 1 spiro atoms. The second-order valence-corrected chi connectivity index (χ2v) is 8.55. The number of carbonyl (C=O) groups is 1. The standard InChI is InChI=1S/C23H33N3O3/c1-24-10-4-3-8-23(22(24)27)9-5-11-25(18-23)17-19-6-7-20(16-21(19)28-2)26-12-14-29-15-13-26/h3-4,6-7,16H,5,8-15,17-18H2,1-2H3/t23-/m1/s1. The van der Waals surface area contributed by atoms with Gasteiger partial charge in [0.15, 0.2) is 0 Å². The van der Waals surface area contributed by atoms with Gasteiger partial charge in [-0.2, -0.15) is 0 Å². The molecule has 1 aromatic carbocycles. The van der Waals surface area contributed by atoms with Gasteiger partial charge in [0.05, 0.1) is 25.7 Å². The number of methoxy groups -OCH3 is 1. The van der Waals surface area contributed by atoms with Crippen molar-refractivity contribution in [2.45, 2.75) is 25.8 Å². The summed E-state index contributed by atoms with van der Waals surface area (Å²) in [6.07, 6.45) is 7.20. The largest absolute Gasteiger partial charge is 0.496 e. The summed E-state index contributed by atoms with van der Waals surface area (Å²) in [7, 11) is 3.67. The van der Waals surface area contributed by atoms with Gasteiger partial charge in [-0.25, -0.2) is 0 Å². The summed E-state index contributed by atoms with van der Waals surface area (Å²) in [5, 5.41) is 0. The van der Waals surface area contributed by atoms with Crippen LogP contribution < -0.4 is 9.64 Å². The summed E-state index contributed by atoms with van der Waals surface area (Å²) in [6.45, 7) is 6.76. The second kappa shape index (κ2) is 8.76. The molecule has 0 aromatic heterocycles. The number of piperidine rings is 1. The molecule has 0 unspecified atom stereocenters. The lowest BCUT2D eigenvalue weighted by Crippen LogP contribution is -2.51. The molecule has 0 N–H and O–H groups in total. The summed E-state index contributed by atoms with van der Waals surface area (Å²) in [5.41, 5.74) is 2.10. The van der Waals surface area contributed by atoms with Gasteiger partial charge in [0.1, 0.15) is 5.75 Å². The normalized spacial score (nSPS) is 26.1. The Hall–Kier alpha value is -2.05. The van der Waals surface area contributed by atoms with E-state index in [-0.39, 0.29) is 5.41 Å². The van der Waals surface area contributed by atoms with Crippen molar-refractivity contribution >= 4 is 11.6 Å². The van der Waals surface area contributed by atoms with Crippen LogP contribution in [0.25, 0.3) is 0 Å². The minimum Gasteiger partial charge on any atom is -0.496 e. The Kier molecular flexibility index (Phi) is 6.11. The van der Waals surface area contributed by atoms with E-state index in [1.807, 2.05) is 11.9 Å². The summed E-state index contributed by atoms with van der Waals surface area (Å²) < 4.78 is 11.2. The molecule has 6 heteroatoms. The minimum atomic E-state index is -0.277. The molecule has 29 heavy (non-hydrogen) atoms. The van der Waals surface area contributed by atoms with E-state index in [4.69, 9.17) is 9.47 Å². The second-order valence-electron chi connectivity index (χ2n) is 8.55. The van der Waals surface area contributed by atoms with E-state index in [0.29, 0.717) is 5.91 Å². The zero-order valence-electron chi connectivity index (χ0n) is 17.7. The molecule has 2 saturated heterocycles. The fourth-order valence-electron chi connectivity index (χ4n) is 4.94. The highest BCUT2D eigenvalue weighted by atomic mass is 16.5. The molecule has 1 amide bonds. The Labute approximate surface area is 174 Å². The average molecular weight is 400 g/mol. The number of nitrogens with zero attached hydrogens (tertiary/aromatic N) is 3. The van der Waals surface area contributed by atoms with E-state index in [9.17, 15) is 4.79 Å². The Balaban J connectivity index is 1.49. The minimum absolute atomic E-state index is 0.277. The van der Waals surface area contributed by atoms with Gasteiger partial charge in [0.25, 0.3) is 0 Å². The third-order valence-electron chi connectivity index (χ3n) is 6.55. The van der Waals surface area contributed by atoms with E-state index in [2.05, 4.69) is 40.2 Å². The van der Waals surface area contributed by atoms with Crippen LogP contribution in [0.5, 0.6) is 5.75 Å². The number of hydrogen-bond donors (Lipinski definition) is 0.